The summed E-state index contributed by atoms with van der Waals surface area (Å²) in [6.45, 7) is 1.80. The first-order valence-corrected chi connectivity index (χ1v) is 8.39. The Balaban J connectivity index is 1.86. The normalized spacial score (nSPS) is 24.5. The van der Waals surface area contributed by atoms with E-state index in [0.717, 1.165) is 15.4 Å². The van der Waals surface area contributed by atoms with Gasteiger partial charge in [-0.25, -0.2) is 9.78 Å². The van der Waals surface area contributed by atoms with E-state index >= 15 is 0 Å². The zero-order valence-electron chi connectivity index (χ0n) is 12.8. The van der Waals surface area contributed by atoms with E-state index in [9.17, 15) is 19.8 Å². The number of nitrogens with zero attached hydrogens (tertiary/aromatic N) is 3. The molecule has 0 saturated carbocycles. The maximum atomic E-state index is 12.3. The van der Waals surface area contributed by atoms with Gasteiger partial charge in [0.2, 0.25) is 5.91 Å². The van der Waals surface area contributed by atoms with Crippen molar-refractivity contribution < 1.29 is 19.8 Å². The summed E-state index contributed by atoms with van der Waals surface area (Å²) in [7, 11) is 0. The highest BCUT2D eigenvalue weighted by atomic mass is 32.1. The van der Waals surface area contributed by atoms with Crippen LogP contribution in [-0.4, -0.2) is 48.5 Å². The summed E-state index contributed by atoms with van der Waals surface area (Å²) < 4.78 is 1.84. The maximum absolute atomic E-state index is 12.3. The third kappa shape index (κ3) is 1.83. The number of aliphatic carboxylic acids is 1. The Hall–Kier alpha value is -2.23. The topological polar surface area (TPSA) is 121 Å². The van der Waals surface area contributed by atoms with Gasteiger partial charge in [0.05, 0.1) is 34.8 Å². The molecule has 4 N–H and O–H groups in total. The molecule has 0 aromatic carbocycles. The number of carboxylic acids is 1. The van der Waals surface area contributed by atoms with Crippen molar-refractivity contribution in [1.29, 1.82) is 0 Å². The zero-order valence-corrected chi connectivity index (χ0v) is 13.7. The van der Waals surface area contributed by atoms with Crippen LogP contribution in [-0.2, 0) is 16.1 Å². The van der Waals surface area contributed by atoms with Crippen LogP contribution in [0.2, 0.25) is 0 Å². The van der Waals surface area contributed by atoms with E-state index in [1.807, 2.05) is 4.40 Å². The molecule has 2 aromatic rings. The lowest BCUT2D eigenvalue weighted by molar-refractivity contribution is -0.161. The smallest absolute Gasteiger partial charge is 0.352 e. The van der Waals surface area contributed by atoms with E-state index in [-0.39, 0.29) is 24.2 Å². The van der Waals surface area contributed by atoms with Crippen LogP contribution in [0, 0.1) is 5.92 Å². The van der Waals surface area contributed by atoms with Gasteiger partial charge in [-0.2, -0.15) is 0 Å². The molecule has 1 amide bonds. The largest absolute Gasteiger partial charge is 0.477 e. The number of hydrogen-bond acceptors (Lipinski definition) is 6. The molecule has 0 radical (unpaired) electrons. The van der Waals surface area contributed by atoms with E-state index in [0.29, 0.717) is 12.0 Å². The Kier molecular flexibility index (Phi) is 3.27. The number of carboxylic acid groups (broad SMARTS) is 1. The summed E-state index contributed by atoms with van der Waals surface area (Å²) in [6, 6.07) is -0.302. The van der Waals surface area contributed by atoms with E-state index in [4.69, 9.17) is 5.73 Å². The molecular weight excluding hydrogens is 332 g/mol. The van der Waals surface area contributed by atoms with Crippen molar-refractivity contribution in [1.82, 2.24) is 14.3 Å². The van der Waals surface area contributed by atoms with Gasteiger partial charge < -0.3 is 20.8 Å². The Morgan fingerprint density at radius 1 is 1.58 bits per heavy atom. The number of nitrogens with two attached hydrogens (primary N) is 1. The summed E-state index contributed by atoms with van der Waals surface area (Å²) in [5.41, 5.74) is 7.26. The van der Waals surface area contributed by atoms with Crippen molar-refractivity contribution in [3.8, 4) is 0 Å². The maximum Gasteiger partial charge on any atom is 0.352 e. The Morgan fingerprint density at radius 3 is 2.96 bits per heavy atom. The highest BCUT2D eigenvalue weighted by Crippen LogP contribution is 2.48. The van der Waals surface area contributed by atoms with Crippen molar-refractivity contribution in [2.75, 3.05) is 0 Å². The van der Waals surface area contributed by atoms with Crippen LogP contribution in [0.25, 0.3) is 10.4 Å². The predicted molar refractivity (Wildman–Crippen MR) is 85.9 cm³/mol. The van der Waals surface area contributed by atoms with Crippen LogP contribution in [0.5, 0.6) is 0 Å². The predicted octanol–water partition coefficient (Wildman–Crippen LogP) is 0.262. The zero-order chi connectivity index (χ0) is 17.2. The average molecular weight is 348 g/mol. The molecule has 0 spiro atoms. The van der Waals surface area contributed by atoms with Crippen molar-refractivity contribution in [3.63, 3.8) is 0 Å². The summed E-state index contributed by atoms with van der Waals surface area (Å²) in [6.07, 6.45) is 2.95. The molecule has 0 aliphatic carbocycles. The molecule has 0 unspecified atom stereocenters. The number of thiazole rings is 1. The van der Waals surface area contributed by atoms with Gasteiger partial charge in [-0.3, -0.25) is 9.20 Å². The van der Waals surface area contributed by atoms with Gasteiger partial charge in [0, 0.05) is 12.1 Å². The number of carbonyl (C=O) groups is 2. The van der Waals surface area contributed by atoms with Crippen molar-refractivity contribution in [2.24, 2.45) is 11.7 Å². The lowest BCUT2D eigenvalue weighted by atomic mass is 9.83. The molecule has 8 nitrogen and oxygen atoms in total. The number of rotatable bonds is 4. The highest BCUT2D eigenvalue weighted by molar-refractivity contribution is 7.18. The number of aliphatic hydroxyl groups is 1. The second-order valence-corrected chi connectivity index (χ2v) is 7.09. The summed E-state index contributed by atoms with van der Waals surface area (Å²) in [5, 5.41) is 19.4. The molecule has 1 fully saturated rings. The van der Waals surface area contributed by atoms with Crippen LogP contribution < -0.4 is 5.73 Å². The molecule has 4 rings (SSSR count). The SMILES string of the molecule is C[C@@H](O)[C@H]1C(=O)N2C(C(=O)O)=C(c3sc4cncn4c3CN)C[C@H]12. The van der Waals surface area contributed by atoms with Gasteiger partial charge in [0.15, 0.2) is 0 Å². The first-order chi connectivity index (χ1) is 11.5. The van der Waals surface area contributed by atoms with Gasteiger partial charge in [0.25, 0.3) is 0 Å². The fourth-order valence-electron chi connectivity index (χ4n) is 3.73. The highest BCUT2D eigenvalue weighted by Gasteiger charge is 2.57. The third-order valence-electron chi connectivity index (χ3n) is 4.76. The quantitative estimate of drug-likeness (QED) is 0.682. The minimum atomic E-state index is -1.14. The molecule has 3 atom stereocenters. The third-order valence-corrected chi connectivity index (χ3v) is 5.96. The Bertz CT molecular complexity index is 897. The van der Waals surface area contributed by atoms with Crippen LogP contribution in [0.15, 0.2) is 18.2 Å². The monoisotopic (exact) mass is 348 g/mol. The minimum absolute atomic E-state index is 0.00839. The average Bonchev–Trinajstić information content (AvgIpc) is 3.15. The summed E-state index contributed by atoms with van der Waals surface area (Å²) >= 11 is 1.42. The molecule has 4 heterocycles. The summed E-state index contributed by atoms with van der Waals surface area (Å²) in [5.74, 6) is -2.02. The van der Waals surface area contributed by atoms with Gasteiger partial charge in [-0.1, -0.05) is 0 Å². The van der Waals surface area contributed by atoms with Crippen molar-refractivity contribution >= 4 is 33.6 Å². The lowest BCUT2D eigenvalue weighted by Gasteiger charge is -2.44. The van der Waals surface area contributed by atoms with Crippen LogP contribution in [0.3, 0.4) is 0 Å². The second-order valence-electron chi connectivity index (χ2n) is 6.06. The number of aliphatic hydroxyl groups excluding tert-OH is 1. The summed E-state index contributed by atoms with van der Waals surface area (Å²) in [4.78, 5) is 31.1. The van der Waals surface area contributed by atoms with E-state index < -0.39 is 18.0 Å². The number of amides is 1. The van der Waals surface area contributed by atoms with Crippen molar-refractivity contribution in [3.05, 3.63) is 28.8 Å². The lowest BCUT2D eigenvalue weighted by Crippen LogP contribution is -2.61. The molecule has 126 valence electrons. The van der Waals surface area contributed by atoms with E-state index in [1.54, 1.807) is 19.4 Å². The Labute approximate surface area is 140 Å². The van der Waals surface area contributed by atoms with Crippen LogP contribution in [0.4, 0.5) is 0 Å². The minimum Gasteiger partial charge on any atom is -0.477 e. The first-order valence-electron chi connectivity index (χ1n) is 7.57. The fraction of sp³-hybridized carbons (Fsp3) is 0.400. The molecule has 1 saturated heterocycles. The van der Waals surface area contributed by atoms with Crippen molar-refractivity contribution in [2.45, 2.75) is 32.0 Å². The number of hydrogen-bond donors (Lipinski definition) is 3. The van der Waals surface area contributed by atoms with Gasteiger partial charge >= 0.3 is 5.97 Å². The number of carbonyl (C=O) groups excluding carboxylic acids is 1. The van der Waals surface area contributed by atoms with Gasteiger partial charge in [0.1, 0.15) is 16.9 Å². The molecule has 2 aliphatic heterocycles. The molecule has 0 bridgehead atoms. The molecule has 2 aliphatic rings. The molecule has 2 aromatic heterocycles. The van der Waals surface area contributed by atoms with Gasteiger partial charge in [-0.05, 0) is 13.3 Å². The number of aromatic nitrogens is 2. The molecule has 24 heavy (non-hydrogen) atoms. The second kappa shape index (κ2) is 5.13. The van der Waals surface area contributed by atoms with E-state index in [1.165, 1.54) is 16.2 Å². The van der Waals surface area contributed by atoms with Gasteiger partial charge in [-0.15, -0.1) is 11.3 Å². The first kappa shape index (κ1) is 15.3. The molecule has 9 heteroatoms. The fourth-order valence-corrected chi connectivity index (χ4v) is 4.91. The van der Waals surface area contributed by atoms with Crippen LogP contribution in [0.1, 0.15) is 23.9 Å². The number of imidazole rings is 1. The van der Waals surface area contributed by atoms with E-state index in [2.05, 4.69) is 4.98 Å². The Morgan fingerprint density at radius 2 is 2.33 bits per heavy atom. The standard InChI is InChI=1S/C15H16N4O4S/c1-6(20)11-8-2-7(12(15(22)23)19(8)14(11)21)13-9(3-16)18-5-17-4-10(18)24-13/h4-6,8,11,20H,2-3,16H2,1H3,(H,22,23)/t6-,8-,11-/m1/s1. The number of fused-ring (bicyclic) bond motifs is 2. The number of β-lactam (4-membered cyclic amide) rings is 1. The van der Waals surface area contributed by atoms with Crippen LogP contribution >= 0.6 is 11.3 Å². The molecular formula is C15H16N4O4S.